The van der Waals surface area contributed by atoms with Gasteiger partial charge < -0.3 is 9.47 Å². The molecule has 0 aromatic heterocycles. The third-order valence-corrected chi connectivity index (χ3v) is 3.08. The van der Waals surface area contributed by atoms with Gasteiger partial charge in [-0.1, -0.05) is 5.92 Å². The van der Waals surface area contributed by atoms with Gasteiger partial charge >= 0.3 is 0 Å². The molecule has 1 aromatic rings. The highest BCUT2D eigenvalue weighted by Gasteiger charge is 2.21. The molecule has 0 aliphatic heterocycles. The fraction of sp³-hybridized carbons (Fsp3) is 0.467. The number of hydrogen-bond acceptors (Lipinski definition) is 2. The summed E-state index contributed by atoms with van der Waals surface area (Å²) in [7, 11) is 0. The van der Waals surface area contributed by atoms with Crippen LogP contribution in [-0.4, -0.2) is 12.7 Å². The minimum Gasteiger partial charge on any atom is -0.487 e. The summed E-state index contributed by atoms with van der Waals surface area (Å²) >= 11 is 0. The molecule has 0 atom stereocenters. The van der Waals surface area contributed by atoms with Crippen LogP contribution in [0.5, 0.6) is 11.5 Å². The van der Waals surface area contributed by atoms with Crippen LogP contribution in [0.2, 0.25) is 0 Å². The molecule has 1 aliphatic rings. The highest BCUT2D eigenvalue weighted by molar-refractivity contribution is 5.35. The van der Waals surface area contributed by atoms with Crippen LogP contribution >= 0.6 is 0 Å². The van der Waals surface area contributed by atoms with Crippen molar-refractivity contribution >= 4 is 0 Å². The number of rotatable bonds is 4. The maximum Gasteiger partial charge on any atom is 0.204 e. The summed E-state index contributed by atoms with van der Waals surface area (Å²) in [5.74, 6) is 3.05. The SMILES string of the molecule is CC#CCOc1ccc(OC2CCCC2)c(F)c1F. The first kappa shape index (κ1) is 13.7. The molecular formula is C15H16F2O2. The molecule has 1 fully saturated rings. The Balaban J connectivity index is 2.08. The van der Waals surface area contributed by atoms with Crippen LogP contribution in [0.1, 0.15) is 32.6 Å². The van der Waals surface area contributed by atoms with Crippen molar-refractivity contribution in [3.63, 3.8) is 0 Å². The van der Waals surface area contributed by atoms with E-state index in [1.807, 2.05) is 0 Å². The zero-order chi connectivity index (χ0) is 13.7. The monoisotopic (exact) mass is 266 g/mol. The second kappa shape index (κ2) is 6.42. The molecule has 1 saturated carbocycles. The first-order valence-electron chi connectivity index (χ1n) is 6.39. The van der Waals surface area contributed by atoms with E-state index in [1.54, 1.807) is 6.92 Å². The Morgan fingerprint density at radius 1 is 1.16 bits per heavy atom. The lowest BCUT2D eigenvalue weighted by Gasteiger charge is -2.14. The molecule has 2 nitrogen and oxygen atoms in total. The van der Waals surface area contributed by atoms with Gasteiger partial charge in [0, 0.05) is 0 Å². The van der Waals surface area contributed by atoms with Gasteiger partial charge in [0.05, 0.1) is 6.10 Å². The van der Waals surface area contributed by atoms with Gasteiger partial charge in [-0.25, -0.2) is 0 Å². The van der Waals surface area contributed by atoms with E-state index in [0.717, 1.165) is 25.7 Å². The molecule has 0 amide bonds. The molecule has 19 heavy (non-hydrogen) atoms. The fourth-order valence-corrected chi connectivity index (χ4v) is 2.09. The van der Waals surface area contributed by atoms with Crippen molar-refractivity contribution in [2.24, 2.45) is 0 Å². The van der Waals surface area contributed by atoms with Crippen molar-refractivity contribution in [2.45, 2.75) is 38.7 Å². The van der Waals surface area contributed by atoms with E-state index in [1.165, 1.54) is 12.1 Å². The Morgan fingerprint density at radius 3 is 2.47 bits per heavy atom. The minimum absolute atomic E-state index is 0.00775. The smallest absolute Gasteiger partial charge is 0.204 e. The van der Waals surface area contributed by atoms with E-state index in [0.29, 0.717) is 0 Å². The molecule has 2 rings (SSSR count). The van der Waals surface area contributed by atoms with Gasteiger partial charge in [0.15, 0.2) is 11.5 Å². The van der Waals surface area contributed by atoms with Crippen LogP contribution in [-0.2, 0) is 0 Å². The second-order valence-corrected chi connectivity index (χ2v) is 4.43. The molecule has 4 heteroatoms. The van der Waals surface area contributed by atoms with E-state index in [9.17, 15) is 8.78 Å². The van der Waals surface area contributed by atoms with Gasteiger partial charge in [-0.2, -0.15) is 8.78 Å². The fourth-order valence-electron chi connectivity index (χ4n) is 2.09. The van der Waals surface area contributed by atoms with E-state index in [2.05, 4.69) is 11.8 Å². The summed E-state index contributed by atoms with van der Waals surface area (Å²) in [6.45, 7) is 1.69. The topological polar surface area (TPSA) is 18.5 Å². The molecule has 0 bridgehead atoms. The van der Waals surface area contributed by atoms with Gasteiger partial charge in [-0.3, -0.25) is 0 Å². The first-order valence-corrected chi connectivity index (χ1v) is 6.39. The number of hydrogen-bond donors (Lipinski definition) is 0. The highest BCUT2D eigenvalue weighted by atomic mass is 19.2. The molecular weight excluding hydrogens is 250 g/mol. The Bertz CT molecular complexity index is 497. The highest BCUT2D eigenvalue weighted by Crippen LogP contribution is 2.30. The maximum atomic E-state index is 13.8. The number of benzene rings is 1. The van der Waals surface area contributed by atoms with Crippen molar-refractivity contribution in [2.75, 3.05) is 6.61 Å². The molecule has 102 valence electrons. The lowest BCUT2D eigenvalue weighted by Crippen LogP contribution is -2.12. The van der Waals surface area contributed by atoms with Crippen LogP contribution < -0.4 is 9.47 Å². The van der Waals surface area contributed by atoms with Crippen molar-refractivity contribution in [3.8, 4) is 23.3 Å². The van der Waals surface area contributed by atoms with Gasteiger partial charge in [-0.05, 0) is 44.7 Å². The molecule has 0 unspecified atom stereocenters. The predicted molar refractivity (Wildman–Crippen MR) is 68.2 cm³/mol. The normalized spacial score (nSPS) is 14.9. The summed E-state index contributed by atoms with van der Waals surface area (Å²) in [6, 6.07) is 2.78. The van der Waals surface area contributed by atoms with Crippen LogP contribution in [0.4, 0.5) is 8.78 Å². The summed E-state index contributed by atoms with van der Waals surface area (Å²) in [5, 5.41) is 0. The molecule has 1 aromatic carbocycles. The summed E-state index contributed by atoms with van der Waals surface area (Å²) in [5.41, 5.74) is 0. The maximum absolute atomic E-state index is 13.8. The number of ether oxygens (including phenoxy) is 2. The van der Waals surface area contributed by atoms with E-state index in [4.69, 9.17) is 9.47 Å². The van der Waals surface area contributed by atoms with Gasteiger partial charge in [0.1, 0.15) is 6.61 Å². The van der Waals surface area contributed by atoms with E-state index >= 15 is 0 Å². The molecule has 1 aliphatic carbocycles. The van der Waals surface area contributed by atoms with Crippen molar-refractivity contribution < 1.29 is 18.3 Å². The molecule has 0 heterocycles. The Labute approximate surface area is 111 Å². The molecule has 0 radical (unpaired) electrons. The summed E-state index contributed by atoms with van der Waals surface area (Å²) in [6.07, 6.45) is 3.93. The predicted octanol–water partition coefficient (Wildman–Crippen LogP) is 3.69. The average Bonchev–Trinajstić information content (AvgIpc) is 2.91. The minimum atomic E-state index is -1.02. The standard InChI is InChI=1S/C15H16F2O2/c1-2-3-10-18-12-8-9-13(15(17)14(12)16)19-11-6-4-5-7-11/h8-9,11H,4-7,10H2,1H3. The van der Waals surface area contributed by atoms with Crippen molar-refractivity contribution in [3.05, 3.63) is 23.8 Å². The van der Waals surface area contributed by atoms with E-state index < -0.39 is 11.6 Å². The number of halogens is 2. The van der Waals surface area contributed by atoms with Gasteiger partial charge in [0.25, 0.3) is 0 Å². The van der Waals surface area contributed by atoms with Crippen LogP contribution in [0.3, 0.4) is 0 Å². The molecule has 0 spiro atoms. The Kier molecular flexibility index (Phi) is 4.62. The van der Waals surface area contributed by atoms with Gasteiger partial charge in [0.2, 0.25) is 11.6 Å². The average molecular weight is 266 g/mol. The summed E-state index contributed by atoms with van der Waals surface area (Å²) in [4.78, 5) is 0. The third kappa shape index (κ3) is 3.37. The van der Waals surface area contributed by atoms with E-state index in [-0.39, 0.29) is 24.2 Å². The van der Waals surface area contributed by atoms with Crippen LogP contribution in [0.15, 0.2) is 12.1 Å². The second-order valence-electron chi connectivity index (χ2n) is 4.43. The van der Waals surface area contributed by atoms with Gasteiger partial charge in [-0.15, -0.1) is 5.92 Å². The van der Waals surface area contributed by atoms with Crippen LogP contribution in [0.25, 0.3) is 0 Å². The third-order valence-electron chi connectivity index (χ3n) is 3.08. The lowest BCUT2D eigenvalue weighted by molar-refractivity contribution is 0.197. The quantitative estimate of drug-likeness (QED) is 0.774. The molecule has 0 saturated heterocycles. The van der Waals surface area contributed by atoms with Crippen molar-refractivity contribution in [1.82, 2.24) is 0 Å². The zero-order valence-corrected chi connectivity index (χ0v) is 10.8. The first-order chi connectivity index (χ1) is 9.22. The summed E-state index contributed by atoms with van der Waals surface area (Å²) < 4.78 is 38.1. The lowest BCUT2D eigenvalue weighted by atomic mass is 10.2. The van der Waals surface area contributed by atoms with Crippen LogP contribution in [0, 0.1) is 23.5 Å². The van der Waals surface area contributed by atoms with Crippen molar-refractivity contribution in [1.29, 1.82) is 0 Å². The molecule has 0 N–H and O–H groups in total. The zero-order valence-electron chi connectivity index (χ0n) is 10.8. The Hall–Kier alpha value is -1.76. The largest absolute Gasteiger partial charge is 0.487 e. The Morgan fingerprint density at radius 2 is 1.79 bits per heavy atom.